The maximum absolute atomic E-state index is 5.97. The van der Waals surface area contributed by atoms with Crippen molar-refractivity contribution < 1.29 is 4.74 Å². The molecule has 7 nitrogen and oxygen atoms in total. The first kappa shape index (κ1) is 17.8. The van der Waals surface area contributed by atoms with Crippen molar-refractivity contribution in [3.05, 3.63) is 75.5 Å². The van der Waals surface area contributed by atoms with Crippen molar-refractivity contribution in [2.45, 2.75) is 6.54 Å². The van der Waals surface area contributed by atoms with Gasteiger partial charge in [0.2, 0.25) is 0 Å². The average molecular weight is 448 g/mol. The van der Waals surface area contributed by atoms with E-state index in [1.165, 1.54) is 0 Å². The predicted octanol–water partition coefficient (Wildman–Crippen LogP) is 3.48. The van der Waals surface area contributed by atoms with Crippen LogP contribution in [0.4, 0.5) is 0 Å². The van der Waals surface area contributed by atoms with Crippen LogP contribution in [-0.2, 0) is 6.54 Å². The third-order valence-electron chi connectivity index (χ3n) is 4.12. The van der Waals surface area contributed by atoms with E-state index < -0.39 is 0 Å². The molecule has 0 radical (unpaired) electrons. The molecular formula is C18H16BrClN6O. The monoisotopic (exact) mass is 446 g/mol. The second-order valence-electron chi connectivity index (χ2n) is 5.83. The van der Waals surface area contributed by atoms with Gasteiger partial charge < -0.3 is 4.74 Å². The number of aromatic nitrogens is 2. The summed E-state index contributed by atoms with van der Waals surface area (Å²) < 4.78 is 7.80. The number of methoxy groups -OCH3 is 1. The number of ether oxygens (including phenoxy) is 1. The van der Waals surface area contributed by atoms with Gasteiger partial charge in [-0.3, -0.25) is 5.01 Å². The Bertz CT molecular complexity index is 971. The predicted molar refractivity (Wildman–Crippen MR) is 108 cm³/mol. The standard InChI is InChI=1S/C18H16BrClN6O/c1-27-15-8-2-12(3-9-15)11-25-18(22-23-24-25)16-10-21-26(17(16)19)14-6-4-13(20)5-7-14/h2-10,23-24H,11H2,1H3. The zero-order valence-corrected chi connectivity index (χ0v) is 16.7. The number of hydrogen-bond donors (Lipinski definition) is 2. The van der Waals surface area contributed by atoms with E-state index in [4.69, 9.17) is 16.3 Å². The molecule has 0 spiro atoms. The first-order valence-electron chi connectivity index (χ1n) is 8.14. The van der Waals surface area contributed by atoms with E-state index in [1.807, 2.05) is 53.5 Å². The Labute approximate surface area is 169 Å². The average Bonchev–Trinajstić information content (AvgIpc) is 3.29. The summed E-state index contributed by atoms with van der Waals surface area (Å²) in [6.07, 6.45) is 1.77. The number of amidine groups is 1. The number of benzene rings is 2. The Morgan fingerprint density at radius 3 is 2.56 bits per heavy atom. The van der Waals surface area contributed by atoms with Gasteiger partial charge in [0.15, 0.2) is 5.84 Å². The van der Waals surface area contributed by atoms with Gasteiger partial charge in [-0.25, -0.2) is 10.2 Å². The molecule has 0 saturated heterocycles. The van der Waals surface area contributed by atoms with Crippen LogP contribution in [0.15, 0.2) is 64.4 Å². The zero-order chi connectivity index (χ0) is 18.8. The van der Waals surface area contributed by atoms with E-state index in [2.05, 4.69) is 37.2 Å². The van der Waals surface area contributed by atoms with Gasteiger partial charge in [0.05, 0.1) is 31.1 Å². The van der Waals surface area contributed by atoms with Gasteiger partial charge >= 0.3 is 0 Å². The van der Waals surface area contributed by atoms with Crippen molar-refractivity contribution in [2.24, 2.45) is 5.10 Å². The molecule has 27 heavy (non-hydrogen) atoms. The smallest absolute Gasteiger partial charge is 0.177 e. The van der Waals surface area contributed by atoms with Crippen LogP contribution in [0, 0.1) is 0 Å². The molecule has 0 fully saturated rings. The minimum atomic E-state index is 0.619. The maximum Gasteiger partial charge on any atom is 0.177 e. The summed E-state index contributed by atoms with van der Waals surface area (Å²) in [5.41, 5.74) is 8.72. The van der Waals surface area contributed by atoms with E-state index in [9.17, 15) is 0 Å². The van der Waals surface area contributed by atoms with Crippen LogP contribution in [0.5, 0.6) is 5.75 Å². The third kappa shape index (κ3) is 3.64. The zero-order valence-electron chi connectivity index (χ0n) is 14.4. The van der Waals surface area contributed by atoms with Crippen LogP contribution in [0.3, 0.4) is 0 Å². The van der Waals surface area contributed by atoms with E-state index >= 15 is 0 Å². The van der Waals surface area contributed by atoms with Crippen molar-refractivity contribution in [1.29, 1.82) is 0 Å². The number of hydrogen-bond acceptors (Lipinski definition) is 6. The van der Waals surface area contributed by atoms with Crippen molar-refractivity contribution >= 4 is 33.4 Å². The number of hydrazine groups is 2. The van der Waals surface area contributed by atoms with Crippen LogP contribution in [-0.4, -0.2) is 27.7 Å². The third-order valence-corrected chi connectivity index (χ3v) is 5.14. The molecule has 138 valence electrons. The number of nitrogens with one attached hydrogen (secondary N) is 2. The van der Waals surface area contributed by atoms with Gasteiger partial charge in [-0.15, -0.1) is 10.6 Å². The van der Waals surface area contributed by atoms with Crippen molar-refractivity contribution in [3.8, 4) is 11.4 Å². The quantitative estimate of drug-likeness (QED) is 0.627. The minimum Gasteiger partial charge on any atom is -0.497 e. The number of nitrogens with zero attached hydrogens (tertiary/aromatic N) is 4. The second-order valence-corrected chi connectivity index (χ2v) is 7.02. The summed E-state index contributed by atoms with van der Waals surface area (Å²) in [7, 11) is 1.65. The summed E-state index contributed by atoms with van der Waals surface area (Å²) in [6, 6.07) is 15.4. The highest BCUT2D eigenvalue weighted by Crippen LogP contribution is 2.24. The Kier molecular flexibility index (Phi) is 5.02. The maximum atomic E-state index is 5.97. The first-order chi connectivity index (χ1) is 13.2. The fraction of sp³-hybridized carbons (Fsp3) is 0.111. The largest absolute Gasteiger partial charge is 0.497 e. The molecule has 2 heterocycles. The van der Waals surface area contributed by atoms with Gasteiger partial charge in [-0.1, -0.05) is 23.7 Å². The molecule has 3 aromatic rings. The number of halogens is 2. The molecule has 2 aromatic carbocycles. The minimum absolute atomic E-state index is 0.619. The SMILES string of the molecule is COc1ccc(CN2NNN=C2c2cnn(-c3ccc(Cl)cc3)c2Br)cc1. The lowest BCUT2D eigenvalue weighted by molar-refractivity contribution is 0.288. The summed E-state index contributed by atoms with van der Waals surface area (Å²) in [6.45, 7) is 0.619. The van der Waals surface area contributed by atoms with Gasteiger partial charge in [-0.05, 0) is 57.9 Å². The summed E-state index contributed by atoms with van der Waals surface area (Å²) in [5.74, 6) is 1.56. The fourth-order valence-electron chi connectivity index (χ4n) is 2.73. The van der Waals surface area contributed by atoms with E-state index in [0.717, 1.165) is 33.0 Å². The van der Waals surface area contributed by atoms with Crippen LogP contribution in [0.1, 0.15) is 11.1 Å². The van der Waals surface area contributed by atoms with Gasteiger partial charge in [0, 0.05) is 5.02 Å². The Balaban J connectivity index is 1.57. The first-order valence-corrected chi connectivity index (χ1v) is 9.31. The molecule has 2 N–H and O–H groups in total. The van der Waals surface area contributed by atoms with Gasteiger partial charge in [-0.2, -0.15) is 5.10 Å². The highest BCUT2D eigenvalue weighted by Gasteiger charge is 2.24. The summed E-state index contributed by atoms with van der Waals surface area (Å²) in [4.78, 5) is 0. The molecule has 1 aliphatic heterocycles. The fourth-order valence-corrected chi connectivity index (χ4v) is 3.43. The lowest BCUT2D eigenvalue weighted by Crippen LogP contribution is -2.40. The highest BCUT2D eigenvalue weighted by molar-refractivity contribution is 9.10. The van der Waals surface area contributed by atoms with Crippen LogP contribution < -0.4 is 15.8 Å². The van der Waals surface area contributed by atoms with Crippen molar-refractivity contribution in [2.75, 3.05) is 7.11 Å². The molecule has 4 rings (SSSR count). The Hall–Kier alpha value is -2.55. The van der Waals surface area contributed by atoms with Crippen LogP contribution >= 0.6 is 27.5 Å². The molecule has 9 heteroatoms. The molecule has 1 aliphatic rings. The van der Waals surface area contributed by atoms with E-state index in [0.29, 0.717) is 11.6 Å². The molecule has 0 saturated carbocycles. The van der Waals surface area contributed by atoms with Crippen molar-refractivity contribution in [1.82, 2.24) is 25.9 Å². The molecule has 0 unspecified atom stereocenters. The Morgan fingerprint density at radius 1 is 1.11 bits per heavy atom. The van der Waals surface area contributed by atoms with E-state index in [1.54, 1.807) is 18.0 Å². The summed E-state index contributed by atoms with van der Waals surface area (Å²) >= 11 is 9.61. The van der Waals surface area contributed by atoms with Gasteiger partial charge in [0.25, 0.3) is 0 Å². The molecular weight excluding hydrogens is 432 g/mol. The lowest BCUT2D eigenvalue weighted by atomic mass is 10.2. The van der Waals surface area contributed by atoms with Crippen molar-refractivity contribution in [3.63, 3.8) is 0 Å². The molecule has 0 amide bonds. The normalized spacial score (nSPS) is 13.4. The second kappa shape index (κ2) is 7.59. The molecule has 0 bridgehead atoms. The molecule has 1 aromatic heterocycles. The molecule has 0 atom stereocenters. The highest BCUT2D eigenvalue weighted by atomic mass is 79.9. The topological polar surface area (TPSA) is 66.7 Å². The number of hydrazone groups is 1. The Morgan fingerprint density at radius 2 is 1.85 bits per heavy atom. The number of rotatable bonds is 5. The lowest BCUT2D eigenvalue weighted by Gasteiger charge is -2.18. The molecule has 0 aliphatic carbocycles. The summed E-state index contributed by atoms with van der Waals surface area (Å²) in [5, 5.41) is 11.4. The van der Waals surface area contributed by atoms with E-state index in [-0.39, 0.29) is 0 Å². The van der Waals surface area contributed by atoms with Crippen LogP contribution in [0.2, 0.25) is 5.02 Å². The van der Waals surface area contributed by atoms with Gasteiger partial charge in [0.1, 0.15) is 10.4 Å². The van der Waals surface area contributed by atoms with Crippen LogP contribution in [0.25, 0.3) is 5.69 Å².